The van der Waals surface area contributed by atoms with Crippen LogP contribution in [0.4, 0.5) is 0 Å². The van der Waals surface area contributed by atoms with Crippen molar-refractivity contribution < 1.29 is 69.7 Å². The third-order valence-corrected chi connectivity index (χ3v) is 7.50. The van der Waals surface area contributed by atoms with Gasteiger partial charge in [0.2, 0.25) is 11.7 Å². The zero-order chi connectivity index (χ0) is 30.5. The quantitative estimate of drug-likeness (QED) is 0.142. The molecule has 0 saturated carbocycles. The summed E-state index contributed by atoms with van der Waals surface area (Å²) in [7, 11) is 0. The summed E-state index contributed by atoms with van der Waals surface area (Å²) in [5.41, 5.74) is -0.891. The molecule has 5 rings (SSSR count). The first kappa shape index (κ1) is 30.1. The second-order valence-electron chi connectivity index (χ2n) is 10.1. The predicted molar refractivity (Wildman–Crippen MR) is 138 cm³/mol. The van der Waals surface area contributed by atoms with Crippen molar-refractivity contribution in [1.29, 1.82) is 0 Å². The number of phenolic OH excluding ortho intramolecular Hbond substituents is 2. The van der Waals surface area contributed by atoms with Crippen molar-refractivity contribution in [1.82, 2.24) is 0 Å². The van der Waals surface area contributed by atoms with Gasteiger partial charge in [0, 0.05) is 0 Å². The number of ether oxygens (including phenoxy) is 3. The molecule has 2 aliphatic heterocycles. The lowest BCUT2D eigenvalue weighted by molar-refractivity contribution is -0.277. The van der Waals surface area contributed by atoms with Gasteiger partial charge in [0.15, 0.2) is 11.5 Å². The summed E-state index contributed by atoms with van der Waals surface area (Å²) in [5.74, 6) is -1.17. The maximum absolute atomic E-state index is 13.5. The molecule has 3 heterocycles. The van der Waals surface area contributed by atoms with Gasteiger partial charge < -0.3 is 69.7 Å². The fourth-order valence-electron chi connectivity index (χ4n) is 5.10. The second-order valence-corrected chi connectivity index (χ2v) is 10.1. The molecule has 2 aliphatic rings. The fraction of sp³-hybridized carbons (Fsp3) is 0.444. The molecule has 15 heteroatoms. The van der Waals surface area contributed by atoms with E-state index >= 15 is 0 Å². The van der Waals surface area contributed by atoms with Crippen LogP contribution < -0.4 is 10.2 Å². The number of benzene rings is 2. The van der Waals surface area contributed by atoms with Crippen LogP contribution in [-0.4, -0.2) is 119 Å². The highest BCUT2D eigenvalue weighted by atomic mass is 16.7. The van der Waals surface area contributed by atoms with Gasteiger partial charge in [0.05, 0.1) is 29.7 Å². The summed E-state index contributed by atoms with van der Waals surface area (Å²) >= 11 is 0. The van der Waals surface area contributed by atoms with Crippen LogP contribution >= 0.6 is 0 Å². The molecule has 2 saturated heterocycles. The van der Waals surface area contributed by atoms with Gasteiger partial charge in [-0.1, -0.05) is 6.07 Å². The molecule has 15 nitrogen and oxygen atoms in total. The standard InChI is InChI=1S/C27H30O15/c28-6-15-19(33)21(35)23(37)26(40-15)17-12(30)3-2-10-18(32)11(8-39-25(10)17)9-1-4-14(13(31)5-9)41-27-24(38)22(36)20(34)16(7-29)42-27/h1-5,8,15-16,19-24,26-31,33-38H,6-7H2/t15-,16-,19-,20-,21+,22+,23-,24-,26+,27-/m1/s1. The summed E-state index contributed by atoms with van der Waals surface area (Å²) in [5, 5.41) is 101. The Morgan fingerprint density at radius 2 is 1.38 bits per heavy atom. The van der Waals surface area contributed by atoms with E-state index in [2.05, 4.69) is 0 Å². The van der Waals surface area contributed by atoms with Crippen LogP contribution in [0.3, 0.4) is 0 Å². The molecule has 0 bridgehead atoms. The van der Waals surface area contributed by atoms with E-state index in [4.69, 9.17) is 18.6 Å². The maximum atomic E-state index is 13.5. The zero-order valence-electron chi connectivity index (χ0n) is 21.7. The van der Waals surface area contributed by atoms with Crippen LogP contribution in [0.15, 0.2) is 45.8 Å². The summed E-state index contributed by atoms with van der Waals surface area (Å²) in [6.45, 7) is -1.38. The highest BCUT2D eigenvalue weighted by Crippen LogP contribution is 2.41. The molecule has 1 aromatic heterocycles. The highest BCUT2D eigenvalue weighted by Gasteiger charge is 2.46. The van der Waals surface area contributed by atoms with Gasteiger partial charge in [-0.05, 0) is 29.8 Å². The number of rotatable bonds is 6. The van der Waals surface area contributed by atoms with Crippen molar-refractivity contribution in [3.05, 3.63) is 52.4 Å². The number of hydrogen-bond acceptors (Lipinski definition) is 15. The molecule has 10 N–H and O–H groups in total. The summed E-state index contributed by atoms with van der Waals surface area (Å²) in [6.07, 6.45) is -14.7. The first-order chi connectivity index (χ1) is 20.0. The molecule has 2 fully saturated rings. The van der Waals surface area contributed by atoms with Gasteiger partial charge >= 0.3 is 0 Å². The van der Waals surface area contributed by atoms with E-state index in [9.17, 15) is 55.9 Å². The highest BCUT2D eigenvalue weighted by molar-refractivity contribution is 5.86. The molecule has 0 amide bonds. The van der Waals surface area contributed by atoms with Crippen molar-refractivity contribution in [2.75, 3.05) is 13.2 Å². The third-order valence-electron chi connectivity index (χ3n) is 7.50. The Labute approximate surface area is 236 Å². The molecule has 42 heavy (non-hydrogen) atoms. The monoisotopic (exact) mass is 594 g/mol. The molecule has 0 spiro atoms. The minimum Gasteiger partial charge on any atom is -0.507 e. The number of aromatic hydroxyl groups is 2. The molecule has 0 unspecified atom stereocenters. The van der Waals surface area contributed by atoms with E-state index in [1.807, 2.05) is 0 Å². The van der Waals surface area contributed by atoms with Gasteiger partial charge in [-0.15, -0.1) is 0 Å². The molecule has 228 valence electrons. The normalized spacial score (nSPS) is 33.5. The van der Waals surface area contributed by atoms with E-state index < -0.39 is 91.4 Å². The van der Waals surface area contributed by atoms with Crippen LogP contribution in [0, 0.1) is 0 Å². The number of fused-ring (bicyclic) bond motifs is 1. The van der Waals surface area contributed by atoms with Crippen LogP contribution in [0.1, 0.15) is 11.7 Å². The van der Waals surface area contributed by atoms with E-state index in [1.54, 1.807) is 0 Å². The lowest BCUT2D eigenvalue weighted by atomic mass is 9.89. The van der Waals surface area contributed by atoms with E-state index in [0.29, 0.717) is 0 Å². The smallest absolute Gasteiger partial charge is 0.229 e. The van der Waals surface area contributed by atoms with Crippen molar-refractivity contribution in [3.63, 3.8) is 0 Å². The van der Waals surface area contributed by atoms with Crippen molar-refractivity contribution in [2.45, 2.75) is 61.2 Å². The van der Waals surface area contributed by atoms with E-state index in [0.717, 1.165) is 18.4 Å². The van der Waals surface area contributed by atoms with Gasteiger partial charge in [-0.25, -0.2) is 0 Å². The molecular weight excluding hydrogens is 564 g/mol. The minimum absolute atomic E-state index is 0.0392. The lowest BCUT2D eigenvalue weighted by Crippen LogP contribution is -2.60. The molecule has 0 radical (unpaired) electrons. The average molecular weight is 595 g/mol. The zero-order valence-corrected chi connectivity index (χ0v) is 21.7. The number of aliphatic hydroxyl groups excluding tert-OH is 8. The van der Waals surface area contributed by atoms with Crippen molar-refractivity contribution >= 4 is 11.0 Å². The lowest BCUT2D eigenvalue weighted by Gasteiger charge is -2.40. The molecule has 0 aliphatic carbocycles. The van der Waals surface area contributed by atoms with Gasteiger partial charge in [0.25, 0.3) is 0 Å². The predicted octanol–water partition coefficient (Wildman–Crippen LogP) is -2.44. The van der Waals surface area contributed by atoms with Crippen LogP contribution in [0.25, 0.3) is 22.1 Å². The Hall–Kier alpha value is -3.35. The largest absolute Gasteiger partial charge is 0.507 e. The van der Waals surface area contributed by atoms with Crippen LogP contribution in [0.5, 0.6) is 17.2 Å². The molecule has 2 aromatic carbocycles. The minimum atomic E-state index is -1.75. The maximum Gasteiger partial charge on any atom is 0.229 e. The third kappa shape index (κ3) is 5.09. The SMILES string of the molecule is O=c1c(-c2ccc(O[C@@H]3O[C@H](CO)[C@@H](O)[C@H](O)[C@H]3O)c(O)c2)coc2c([C@@H]3O[C@H](CO)[C@@H](O)[C@H](O)[C@H]3O)c(O)ccc12. The van der Waals surface area contributed by atoms with Gasteiger partial charge in [-0.2, -0.15) is 0 Å². The van der Waals surface area contributed by atoms with Crippen LogP contribution in [-0.2, 0) is 9.47 Å². The molecular formula is C27H30O15. The van der Waals surface area contributed by atoms with Crippen molar-refractivity contribution in [2.24, 2.45) is 0 Å². The second kappa shape index (κ2) is 11.7. The summed E-state index contributed by atoms with van der Waals surface area (Å²) < 4.78 is 21.9. The van der Waals surface area contributed by atoms with E-state index in [-0.39, 0.29) is 33.4 Å². The van der Waals surface area contributed by atoms with Crippen molar-refractivity contribution in [3.8, 4) is 28.4 Å². The number of hydrogen-bond donors (Lipinski definition) is 10. The first-order valence-corrected chi connectivity index (χ1v) is 12.9. The number of aliphatic hydroxyl groups is 8. The first-order valence-electron chi connectivity index (χ1n) is 12.9. The topological polar surface area (TPSA) is 260 Å². The average Bonchev–Trinajstić information content (AvgIpc) is 2.98. The Balaban J connectivity index is 1.47. The Morgan fingerprint density at radius 1 is 0.738 bits per heavy atom. The Morgan fingerprint density at radius 3 is 2.02 bits per heavy atom. The van der Waals surface area contributed by atoms with Crippen LogP contribution in [0.2, 0.25) is 0 Å². The van der Waals surface area contributed by atoms with Gasteiger partial charge in [-0.3, -0.25) is 4.79 Å². The Bertz CT molecular complexity index is 1490. The Kier molecular flexibility index (Phi) is 8.41. The number of phenols is 2. The fourth-order valence-corrected chi connectivity index (χ4v) is 5.10. The van der Waals surface area contributed by atoms with Gasteiger partial charge in [0.1, 0.15) is 72.5 Å². The summed E-state index contributed by atoms with van der Waals surface area (Å²) in [6, 6.07) is 6.16. The van der Waals surface area contributed by atoms with E-state index in [1.165, 1.54) is 18.2 Å². The molecule has 10 atom stereocenters. The summed E-state index contributed by atoms with van der Waals surface area (Å²) in [4.78, 5) is 13.5. The molecule has 3 aromatic rings.